The maximum absolute atomic E-state index is 12.7. The van der Waals surface area contributed by atoms with Crippen molar-refractivity contribution >= 4 is 17.5 Å². The number of benzene rings is 1. The predicted molar refractivity (Wildman–Crippen MR) is 78.7 cm³/mol. The van der Waals surface area contributed by atoms with Crippen LogP contribution in [0.4, 0.5) is 5.69 Å². The lowest BCUT2D eigenvalue weighted by molar-refractivity contribution is -0.126. The van der Waals surface area contributed by atoms with E-state index in [1.54, 1.807) is 25.1 Å². The number of likely N-dealkylation sites (N-methyl/N-ethyl adjacent to an activating group) is 1. The van der Waals surface area contributed by atoms with Crippen molar-refractivity contribution in [1.82, 2.24) is 10.2 Å². The zero-order valence-electron chi connectivity index (χ0n) is 12.0. The summed E-state index contributed by atoms with van der Waals surface area (Å²) < 4.78 is 0. The number of nitrogens with one attached hydrogen (secondary N) is 2. The SMILES string of the molecule is CNC(=O)C1CCCCN1C(=O)c1ccccc1NC. The van der Waals surface area contributed by atoms with Crippen LogP contribution in [-0.4, -0.2) is 43.4 Å². The van der Waals surface area contributed by atoms with Gasteiger partial charge in [0.25, 0.3) is 5.91 Å². The number of likely N-dealkylation sites (tertiary alicyclic amines) is 1. The van der Waals surface area contributed by atoms with Crippen molar-refractivity contribution in [2.45, 2.75) is 25.3 Å². The van der Waals surface area contributed by atoms with Gasteiger partial charge in [-0.1, -0.05) is 12.1 Å². The van der Waals surface area contributed by atoms with Crippen LogP contribution < -0.4 is 10.6 Å². The molecule has 108 valence electrons. The topological polar surface area (TPSA) is 61.4 Å². The Morgan fingerprint density at radius 2 is 1.95 bits per heavy atom. The lowest BCUT2D eigenvalue weighted by Crippen LogP contribution is -2.51. The molecule has 1 heterocycles. The van der Waals surface area contributed by atoms with Gasteiger partial charge in [-0.25, -0.2) is 0 Å². The molecule has 2 rings (SSSR count). The van der Waals surface area contributed by atoms with Crippen LogP contribution in [0.5, 0.6) is 0 Å². The Kier molecular flexibility index (Phi) is 4.61. The minimum absolute atomic E-state index is 0.0803. The molecule has 0 aromatic heterocycles. The number of hydrogen-bond donors (Lipinski definition) is 2. The van der Waals surface area contributed by atoms with Crippen LogP contribution in [0.3, 0.4) is 0 Å². The fourth-order valence-electron chi connectivity index (χ4n) is 2.66. The molecule has 1 atom stereocenters. The van der Waals surface area contributed by atoms with E-state index in [0.29, 0.717) is 12.1 Å². The Bertz CT molecular complexity index is 502. The van der Waals surface area contributed by atoms with E-state index in [1.165, 1.54) is 0 Å². The van der Waals surface area contributed by atoms with E-state index in [4.69, 9.17) is 0 Å². The fourth-order valence-corrected chi connectivity index (χ4v) is 2.66. The van der Waals surface area contributed by atoms with Crippen LogP contribution in [0.25, 0.3) is 0 Å². The monoisotopic (exact) mass is 275 g/mol. The van der Waals surface area contributed by atoms with Crippen molar-refractivity contribution in [3.8, 4) is 0 Å². The van der Waals surface area contributed by atoms with Gasteiger partial charge in [0.15, 0.2) is 0 Å². The number of para-hydroxylation sites is 1. The number of rotatable bonds is 3. The minimum Gasteiger partial charge on any atom is -0.387 e. The summed E-state index contributed by atoms with van der Waals surface area (Å²) in [7, 11) is 3.40. The minimum atomic E-state index is -0.355. The second-order valence-electron chi connectivity index (χ2n) is 4.92. The van der Waals surface area contributed by atoms with Gasteiger partial charge in [0.1, 0.15) is 6.04 Å². The normalized spacial score (nSPS) is 18.5. The number of piperidine rings is 1. The summed E-state index contributed by atoms with van der Waals surface area (Å²) in [5.41, 5.74) is 1.41. The highest BCUT2D eigenvalue weighted by Gasteiger charge is 2.32. The van der Waals surface area contributed by atoms with E-state index in [2.05, 4.69) is 10.6 Å². The Morgan fingerprint density at radius 3 is 2.65 bits per heavy atom. The highest BCUT2D eigenvalue weighted by Crippen LogP contribution is 2.23. The Morgan fingerprint density at radius 1 is 1.20 bits per heavy atom. The lowest BCUT2D eigenvalue weighted by Gasteiger charge is -2.34. The Labute approximate surface area is 119 Å². The number of nitrogens with zero attached hydrogens (tertiary/aromatic N) is 1. The van der Waals surface area contributed by atoms with Gasteiger partial charge < -0.3 is 15.5 Å². The van der Waals surface area contributed by atoms with E-state index in [1.807, 2.05) is 18.2 Å². The highest BCUT2D eigenvalue weighted by molar-refractivity contribution is 6.01. The van der Waals surface area contributed by atoms with E-state index in [0.717, 1.165) is 24.9 Å². The Hall–Kier alpha value is -2.04. The van der Waals surface area contributed by atoms with E-state index in [9.17, 15) is 9.59 Å². The summed E-state index contributed by atoms with van der Waals surface area (Å²) in [6.07, 6.45) is 2.66. The largest absolute Gasteiger partial charge is 0.387 e. The lowest BCUT2D eigenvalue weighted by atomic mass is 9.99. The highest BCUT2D eigenvalue weighted by atomic mass is 16.2. The molecule has 0 spiro atoms. The van der Waals surface area contributed by atoms with Gasteiger partial charge in [-0.2, -0.15) is 0 Å². The third-order valence-electron chi connectivity index (χ3n) is 3.74. The van der Waals surface area contributed by atoms with Crippen molar-refractivity contribution in [2.75, 3.05) is 26.0 Å². The van der Waals surface area contributed by atoms with Crippen LogP contribution in [-0.2, 0) is 4.79 Å². The summed E-state index contributed by atoms with van der Waals surface area (Å²) in [5.74, 6) is -0.164. The summed E-state index contributed by atoms with van der Waals surface area (Å²) in [4.78, 5) is 26.4. The molecule has 5 nitrogen and oxygen atoms in total. The summed E-state index contributed by atoms with van der Waals surface area (Å²) >= 11 is 0. The number of carbonyl (C=O) groups is 2. The first-order valence-electron chi connectivity index (χ1n) is 6.98. The first-order valence-corrected chi connectivity index (χ1v) is 6.98. The third-order valence-corrected chi connectivity index (χ3v) is 3.74. The summed E-state index contributed by atoms with van der Waals surface area (Å²) in [6, 6.07) is 7.03. The van der Waals surface area contributed by atoms with Crippen molar-refractivity contribution < 1.29 is 9.59 Å². The van der Waals surface area contributed by atoms with Gasteiger partial charge in [0.05, 0.1) is 5.56 Å². The second kappa shape index (κ2) is 6.41. The van der Waals surface area contributed by atoms with E-state index >= 15 is 0 Å². The smallest absolute Gasteiger partial charge is 0.256 e. The predicted octanol–water partition coefficient (Wildman–Crippen LogP) is 1.47. The van der Waals surface area contributed by atoms with Gasteiger partial charge in [-0.05, 0) is 31.4 Å². The van der Waals surface area contributed by atoms with Crippen molar-refractivity contribution in [3.05, 3.63) is 29.8 Å². The van der Waals surface area contributed by atoms with Crippen molar-refractivity contribution in [3.63, 3.8) is 0 Å². The molecule has 1 aromatic rings. The molecule has 0 radical (unpaired) electrons. The van der Waals surface area contributed by atoms with Crippen LogP contribution in [0.1, 0.15) is 29.6 Å². The molecule has 2 amide bonds. The van der Waals surface area contributed by atoms with Crippen LogP contribution in [0.2, 0.25) is 0 Å². The average Bonchev–Trinajstić information content (AvgIpc) is 2.53. The van der Waals surface area contributed by atoms with Crippen molar-refractivity contribution in [1.29, 1.82) is 0 Å². The molecule has 1 aliphatic rings. The molecule has 1 aliphatic heterocycles. The van der Waals surface area contributed by atoms with Gasteiger partial charge in [0, 0.05) is 26.3 Å². The van der Waals surface area contributed by atoms with Gasteiger partial charge in [-0.3, -0.25) is 9.59 Å². The zero-order valence-corrected chi connectivity index (χ0v) is 12.0. The molecule has 1 unspecified atom stereocenters. The third kappa shape index (κ3) is 2.76. The van der Waals surface area contributed by atoms with Gasteiger partial charge in [0.2, 0.25) is 5.91 Å². The van der Waals surface area contributed by atoms with Crippen molar-refractivity contribution in [2.24, 2.45) is 0 Å². The summed E-state index contributed by atoms with van der Waals surface area (Å²) in [5, 5.41) is 5.68. The number of amides is 2. The average molecular weight is 275 g/mol. The molecule has 1 saturated heterocycles. The molecule has 2 N–H and O–H groups in total. The quantitative estimate of drug-likeness (QED) is 0.878. The zero-order chi connectivity index (χ0) is 14.5. The molecule has 5 heteroatoms. The van der Waals surface area contributed by atoms with Crippen LogP contribution >= 0.6 is 0 Å². The standard InChI is InChI=1S/C15H21N3O2/c1-16-12-8-4-3-7-11(12)15(20)18-10-6-5-9-13(18)14(19)17-2/h3-4,7-8,13,16H,5-6,9-10H2,1-2H3,(H,17,19). The summed E-state index contributed by atoms with van der Waals surface area (Å²) in [6.45, 7) is 0.634. The first-order chi connectivity index (χ1) is 9.69. The molecule has 0 saturated carbocycles. The fraction of sp³-hybridized carbons (Fsp3) is 0.467. The van der Waals surface area contributed by atoms with Gasteiger partial charge >= 0.3 is 0 Å². The number of carbonyl (C=O) groups excluding carboxylic acids is 2. The molecule has 0 bridgehead atoms. The maximum Gasteiger partial charge on any atom is 0.256 e. The number of anilines is 1. The Balaban J connectivity index is 2.27. The van der Waals surface area contributed by atoms with E-state index < -0.39 is 0 Å². The maximum atomic E-state index is 12.7. The molecule has 1 fully saturated rings. The van der Waals surface area contributed by atoms with E-state index in [-0.39, 0.29) is 17.9 Å². The first kappa shape index (κ1) is 14.4. The van der Waals surface area contributed by atoms with Crippen LogP contribution in [0, 0.1) is 0 Å². The molecule has 0 aliphatic carbocycles. The molecule has 1 aromatic carbocycles. The second-order valence-corrected chi connectivity index (χ2v) is 4.92. The molecule has 20 heavy (non-hydrogen) atoms. The molecular weight excluding hydrogens is 254 g/mol. The van der Waals surface area contributed by atoms with Gasteiger partial charge in [-0.15, -0.1) is 0 Å². The van der Waals surface area contributed by atoms with Crippen LogP contribution in [0.15, 0.2) is 24.3 Å². The number of hydrogen-bond acceptors (Lipinski definition) is 3. The molecular formula is C15H21N3O2.